The van der Waals surface area contributed by atoms with Crippen molar-refractivity contribution in [1.29, 1.82) is 0 Å². The zero-order chi connectivity index (χ0) is 13.0. The standard InChI is InChI=1S/C14H21NO2S/c1-16-11-7-12(10-5-4-6-15-9-10)14(17-2)13(8-11)18-3/h7-8,10,15H,4-6,9H2,1-3H3. The van der Waals surface area contributed by atoms with E-state index in [2.05, 4.69) is 17.6 Å². The first-order valence-electron chi connectivity index (χ1n) is 6.30. The second-order valence-corrected chi connectivity index (χ2v) is 5.34. The molecule has 18 heavy (non-hydrogen) atoms. The number of hydrogen-bond donors (Lipinski definition) is 1. The Labute approximate surface area is 113 Å². The number of hydrogen-bond acceptors (Lipinski definition) is 4. The summed E-state index contributed by atoms with van der Waals surface area (Å²) in [7, 11) is 3.47. The normalized spacial score (nSPS) is 19.6. The van der Waals surface area contributed by atoms with Gasteiger partial charge < -0.3 is 14.8 Å². The van der Waals surface area contributed by atoms with E-state index in [4.69, 9.17) is 9.47 Å². The van der Waals surface area contributed by atoms with Gasteiger partial charge >= 0.3 is 0 Å². The molecule has 100 valence electrons. The summed E-state index contributed by atoms with van der Waals surface area (Å²) in [6.45, 7) is 2.15. The average molecular weight is 267 g/mol. The van der Waals surface area contributed by atoms with Gasteiger partial charge in [-0.2, -0.15) is 0 Å². The summed E-state index contributed by atoms with van der Waals surface area (Å²) in [5.41, 5.74) is 1.27. The van der Waals surface area contributed by atoms with Crippen molar-refractivity contribution in [2.45, 2.75) is 23.7 Å². The topological polar surface area (TPSA) is 30.5 Å². The van der Waals surface area contributed by atoms with Gasteiger partial charge in [0.25, 0.3) is 0 Å². The van der Waals surface area contributed by atoms with Crippen LogP contribution in [-0.2, 0) is 0 Å². The predicted molar refractivity (Wildman–Crippen MR) is 76.2 cm³/mol. The Morgan fingerprint density at radius 2 is 2.11 bits per heavy atom. The van der Waals surface area contributed by atoms with Crippen molar-refractivity contribution < 1.29 is 9.47 Å². The Hall–Kier alpha value is -0.870. The number of rotatable bonds is 4. The molecule has 1 aromatic rings. The Bertz CT molecular complexity index is 403. The minimum absolute atomic E-state index is 0.523. The molecule has 2 rings (SSSR count). The molecular weight excluding hydrogens is 246 g/mol. The third-order valence-corrected chi connectivity index (χ3v) is 4.20. The molecule has 1 atom stereocenters. The number of nitrogens with one attached hydrogen (secondary N) is 1. The van der Waals surface area contributed by atoms with E-state index in [1.54, 1.807) is 26.0 Å². The zero-order valence-electron chi connectivity index (χ0n) is 11.3. The number of thioether (sulfide) groups is 1. The van der Waals surface area contributed by atoms with Gasteiger partial charge in [-0.25, -0.2) is 0 Å². The monoisotopic (exact) mass is 267 g/mol. The molecule has 0 spiro atoms. The van der Waals surface area contributed by atoms with E-state index in [-0.39, 0.29) is 0 Å². The van der Waals surface area contributed by atoms with Gasteiger partial charge in [0.2, 0.25) is 0 Å². The van der Waals surface area contributed by atoms with Gasteiger partial charge in [-0.05, 0) is 37.8 Å². The Kier molecular flexibility index (Phi) is 4.78. The summed E-state index contributed by atoms with van der Waals surface area (Å²) in [6, 6.07) is 4.17. The Morgan fingerprint density at radius 1 is 1.28 bits per heavy atom. The lowest BCUT2D eigenvalue weighted by Crippen LogP contribution is -2.28. The van der Waals surface area contributed by atoms with E-state index in [1.165, 1.54) is 18.4 Å². The molecule has 1 aliphatic heterocycles. The summed E-state index contributed by atoms with van der Waals surface area (Å²) in [5.74, 6) is 2.45. The van der Waals surface area contributed by atoms with Crippen LogP contribution in [0.3, 0.4) is 0 Å². The minimum atomic E-state index is 0.523. The SMILES string of the molecule is COc1cc(SC)c(OC)c(C2CCCNC2)c1. The summed E-state index contributed by atoms with van der Waals surface area (Å²) in [5, 5.41) is 3.46. The fraction of sp³-hybridized carbons (Fsp3) is 0.571. The smallest absolute Gasteiger partial charge is 0.136 e. The highest BCUT2D eigenvalue weighted by atomic mass is 32.2. The second kappa shape index (κ2) is 6.34. The highest BCUT2D eigenvalue weighted by Crippen LogP contribution is 2.40. The van der Waals surface area contributed by atoms with Crippen molar-refractivity contribution in [3.63, 3.8) is 0 Å². The Morgan fingerprint density at radius 3 is 2.67 bits per heavy atom. The summed E-state index contributed by atoms with van der Waals surface area (Å²) in [6.07, 6.45) is 4.50. The minimum Gasteiger partial charge on any atom is -0.497 e. The van der Waals surface area contributed by atoms with E-state index in [0.717, 1.165) is 29.5 Å². The van der Waals surface area contributed by atoms with Crippen molar-refractivity contribution in [2.24, 2.45) is 0 Å². The lowest BCUT2D eigenvalue weighted by Gasteiger charge is -2.26. The third kappa shape index (κ3) is 2.75. The van der Waals surface area contributed by atoms with E-state index in [1.807, 2.05) is 6.07 Å². The molecule has 1 N–H and O–H groups in total. The largest absolute Gasteiger partial charge is 0.497 e. The first kappa shape index (κ1) is 13.6. The van der Waals surface area contributed by atoms with Crippen LogP contribution in [0, 0.1) is 0 Å². The van der Waals surface area contributed by atoms with Gasteiger partial charge in [0.05, 0.1) is 19.1 Å². The van der Waals surface area contributed by atoms with Crippen LogP contribution < -0.4 is 14.8 Å². The number of methoxy groups -OCH3 is 2. The molecule has 0 saturated carbocycles. The van der Waals surface area contributed by atoms with E-state index >= 15 is 0 Å². The van der Waals surface area contributed by atoms with E-state index in [0.29, 0.717) is 5.92 Å². The molecule has 0 aliphatic carbocycles. The van der Waals surface area contributed by atoms with E-state index < -0.39 is 0 Å². The molecule has 0 aromatic heterocycles. The summed E-state index contributed by atoms with van der Waals surface area (Å²) >= 11 is 1.70. The maximum Gasteiger partial charge on any atom is 0.136 e. The number of ether oxygens (including phenoxy) is 2. The predicted octanol–water partition coefficient (Wildman–Crippen LogP) is 2.89. The van der Waals surface area contributed by atoms with Crippen LogP contribution >= 0.6 is 11.8 Å². The zero-order valence-corrected chi connectivity index (χ0v) is 12.1. The third-order valence-electron chi connectivity index (χ3n) is 3.45. The molecule has 1 saturated heterocycles. The lowest BCUT2D eigenvalue weighted by molar-refractivity contribution is 0.375. The van der Waals surface area contributed by atoms with Crippen LogP contribution in [0.4, 0.5) is 0 Å². The van der Waals surface area contributed by atoms with Crippen molar-refractivity contribution in [3.8, 4) is 11.5 Å². The first-order valence-corrected chi connectivity index (χ1v) is 7.53. The molecule has 1 aliphatic rings. The fourth-order valence-corrected chi connectivity index (χ4v) is 3.13. The quantitative estimate of drug-likeness (QED) is 0.850. The van der Waals surface area contributed by atoms with Crippen molar-refractivity contribution in [1.82, 2.24) is 5.32 Å². The molecule has 1 aromatic carbocycles. The van der Waals surface area contributed by atoms with E-state index in [9.17, 15) is 0 Å². The molecule has 3 nitrogen and oxygen atoms in total. The van der Waals surface area contributed by atoms with Gasteiger partial charge in [0, 0.05) is 18.0 Å². The van der Waals surface area contributed by atoms with Gasteiger partial charge in [0.1, 0.15) is 11.5 Å². The maximum absolute atomic E-state index is 5.62. The van der Waals surface area contributed by atoms with Crippen LogP contribution in [-0.4, -0.2) is 33.6 Å². The second-order valence-electron chi connectivity index (χ2n) is 4.50. The first-order chi connectivity index (χ1) is 8.80. The summed E-state index contributed by atoms with van der Waals surface area (Å²) in [4.78, 5) is 1.15. The molecule has 0 amide bonds. The van der Waals surface area contributed by atoms with Crippen molar-refractivity contribution in [2.75, 3.05) is 33.6 Å². The highest BCUT2D eigenvalue weighted by molar-refractivity contribution is 7.98. The Balaban J connectivity index is 2.41. The van der Waals surface area contributed by atoms with Crippen molar-refractivity contribution >= 4 is 11.8 Å². The molecule has 4 heteroatoms. The van der Waals surface area contributed by atoms with Crippen LogP contribution in [0.15, 0.2) is 17.0 Å². The number of benzene rings is 1. The molecular formula is C14H21NO2S. The van der Waals surface area contributed by atoms with Crippen LogP contribution in [0.1, 0.15) is 24.3 Å². The average Bonchev–Trinajstić information content (AvgIpc) is 2.46. The maximum atomic E-state index is 5.62. The molecule has 1 fully saturated rings. The molecule has 0 bridgehead atoms. The van der Waals surface area contributed by atoms with Gasteiger partial charge in [0.15, 0.2) is 0 Å². The van der Waals surface area contributed by atoms with Gasteiger partial charge in [-0.1, -0.05) is 0 Å². The summed E-state index contributed by atoms with van der Waals surface area (Å²) < 4.78 is 11.0. The molecule has 1 unspecified atom stereocenters. The highest BCUT2D eigenvalue weighted by Gasteiger charge is 2.22. The fourth-order valence-electron chi connectivity index (χ4n) is 2.51. The van der Waals surface area contributed by atoms with Gasteiger partial charge in [-0.3, -0.25) is 0 Å². The van der Waals surface area contributed by atoms with Crippen molar-refractivity contribution in [3.05, 3.63) is 17.7 Å². The lowest BCUT2D eigenvalue weighted by atomic mass is 9.91. The van der Waals surface area contributed by atoms with Crippen LogP contribution in [0.2, 0.25) is 0 Å². The van der Waals surface area contributed by atoms with Crippen LogP contribution in [0.5, 0.6) is 11.5 Å². The molecule has 0 radical (unpaired) electrons. The molecule has 1 heterocycles. The number of piperidine rings is 1. The van der Waals surface area contributed by atoms with Crippen LogP contribution in [0.25, 0.3) is 0 Å². The van der Waals surface area contributed by atoms with Gasteiger partial charge in [-0.15, -0.1) is 11.8 Å².